The fraction of sp³-hybridized carbons (Fsp3) is 0.700. The molecule has 0 rings (SSSR count). The van der Waals surface area contributed by atoms with E-state index < -0.39 is 37.7 Å². The van der Waals surface area contributed by atoms with Crippen LogP contribution in [0.4, 0.5) is 26.3 Å². The zero-order valence-corrected chi connectivity index (χ0v) is 10.5. The van der Waals surface area contributed by atoms with Gasteiger partial charge in [0.1, 0.15) is 6.61 Å². The van der Waals surface area contributed by atoms with Gasteiger partial charge in [-0.15, -0.1) is 26.3 Å². The van der Waals surface area contributed by atoms with Crippen LogP contribution >= 0.6 is 0 Å². The van der Waals surface area contributed by atoms with Crippen molar-refractivity contribution in [2.75, 3.05) is 13.2 Å². The second-order valence-electron chi connectivity index (χ2n) is 3.44. The average Bonchev–Trinajstić information content (AvgIpc) is 2.28. The topological polar surface area (TPSA) is 44.8 Å². The highest BCUT2D eigenvalue weighted by Crippen LogP contribution is 2.24. The lowest BCUT2D eigenvalue weighted by molar-refractivity contribution is -0.326. The molecule has 4 nitrogen and oxygen atoms in total. The molecule has 10 heteroatoms. The standard InChI is InChI=1S/C10H12F6O4/c1-3-6(2)7(20-10(14,15)16)8(17)18-4-5-19-9(11,12)13/h3-5H2,1-2H3/b7-6-. The van der Waals surface area contributed by atoms with Gasteiger partial charge in [0.15, 0.2) is 0 Å². The highest BCUT2D eigenvalue weighted by Gasteiger charge is 2.36. The van der Waals surface area contributed by atoms with E-state index in [4.69, 9.17) is 0 Å². The van der Waals surface area contributed by atoms with E-state index in [0.29, 0.717) is 0 Å². The Balaban J connectivity index is 4.52. The van der Waals surface area contributed by atoms with E-state index >= 15 is 0 Å². The second kappa shape index (κ2) is 7.36. The predicted molar refractivity (Wildman–Crippen MR) is 53.1 cm³/mol. The highest BCUT2D eigenvalue weighted by molar-refractivity contribution is 5.87. The second-order valence-corrected chi connectivity index (χ2v) is 3.44. The molecule has 0 amide bonds. The van der Waals surface area contributed by atoms with Crippen molar-refractivity contribution in [1.82, 2.24) is 0 Å². The number of carbonyl (C=O) groups is 1. The summed E-state index contributed by atoms with van der Waals surface area (Å²) in [5.41, 5.74) is -0.0518. The van der Waals surface area contributed by atoms with Gasteiger partial charge in [0.2, 0.25) is 5.76 Å². The molecule has 118 valence electrons. The van der Waals surface area contributed by atoms with Crippen molar-refractivity contribution < 1.29 is 45.3 Å². The van der Waals surface area contributed by atoms with E-state index in [1.165, 1.54) is 13.8 Å². The first-order valence-corrected chi connectivity index (χ1v) is 5.29. The SMILES string of the molecule is CC/C(C)=C(\OC(F)(F)F)C(=O)OCCOC(F)(F)F. The van der Waals surface area contributed by atoms with Gasteiger partial charge in [0.25, 0.3) is 0 Å². The van der Waals surface area contributed by atoms with Crippen LogP contribution in [0.1, 0.15) is 20.3 Å². The lowest BCUT2D eigenvalue weighted by Crippen LogP contribution is -2.23. The Morgan fingerprint density at radius 2 is 1.55 bits per heavy atom. The molecule has 0 aliphatic heterocycles. The fourth-order valence-corrected chi connectivity index (χ4v) is 0.937. The van der Waals surface area contributed by atoms with Crippen LogP contribution in [-0.2, 0) is 19.0 Å². The Hall–Kier alpha value is -1.45. The zero-order chi connectivity index (χ0) is 16.0. The Bertz CT molecular complexity index is 358. The minimum atomic E-state index is -5.10. The number of rotatable bonds is 6. The Morgan fingerprint density at radius 1 is 1.00 bits per heavy atom. The number of ether oxygens (including phenoxy) is 3. The Morgan fingerprint density at radius 3 is 1.95 bits per heavy atom. The minimum absolute atomic E-state index is 0.0518. The Kier molecular flexibility index (Phi) is 6.83. The van der Waals surface area contributed by atoms with Crippen molar-refractivity contribution in [2.24, 2.45) is 0 Å². The van der Waals surface area contributed by atoms with Crippen LogP contribution in [0.25, 0.3) is 0 Å². The predicted octanol–water partition coefficient (Wildman–Crippen LogP) is 3.29. The number of alkyl halides is 6. The summed E-state index contributed by atoms with van der Waals surface area (Å²) in [4.78, 5) is 11.3. The maximum absolute atomic E-state index is 12.1. The van der Waals surface area contributed by atoms with Crippen molar-refractivity contribution >= 4 is 5.97 Å². The summed E-state index contributed by atoms with van der Waals surface area (Å²) in [6, 6.07) is 0. The molecule has 0 aliphatic carbocycles. The molecule has 0 saturated heterocycles. The number of esters is 1. The van der Waals surface area contributed by atoms with Crippen molar-refractivity contribution in [3.05, 3.63) is 11.3 Å². The van der Waals surface area contributed by atoms with Crippen LogP contribution < -0.4 is 0 Å². The van der Waals surface area contributed by atoms with Gasteiger partial charge >= 0.3 is 18.7 Å². The van der Waals surface area contributed by atoms with Crippen LogP contribution in [0, 0.1) is 0 Å². The van der Waals surface area contributed by atoms with Crippen molar-refractivity contribution in [2.45, 2.75) is 33.0 Å². The molecule has 0 bridgehead atoms. The van der Waals surface area contributed by atoms with E-state index in [-0.39, 0.29) is 12.0 Å². The van der Waals surface area contributed by atoms with Gasteiger partial charge in [0, 0.05) is 0 Å². The van der Waals surface area contributed by atoms with E-state index in [0.717, 1.165) is 0 Å². The summed E-state index contributed by atoms with van der Waals surface area (Å²) in [6.45, 7) is 0.781. The first-order valence-electron chi connectivity index (χ1n) is 5.29. The summed E-state index contributed by atoms with van der Waals surface area (Å²) < 4.78 is 82.0. The van der Waals surface area contributed by atoms with Crippen LogP contribution in [0.3, 0.4) is 0 Å². The first-order chi connectivity index (χ1) is 8.96. The van der Waals surface area contributed by atoms with E-state index in [1.54, 1.807) is 0 Å². The molecule has 0 aromatic heterocycles. The molecule has 0 aromatic rings. The Labute approximate surface area is 110 Å². The quantitative estimate of drug-likeness (QED) is 0.248. The molecule has 0 aliphatic rings. The fourth-order valence-electron chi connectivity index (χ4n) is 0.937. The number of hydrogen-bond donors (Lipinski definition) is 0. The van der Waals surface area contributed by atoms with Crippen LogP contribution in [0.2, 0.25) is 0 Å². The molecular formula is C10H12F6O4. The van der Waals surface area contributed by atoms with Gasteiger partial charge in [-0.3, -0.25) is 4.74 Å². The van der Waals surface area contributed by atoms with E-state index in [2.05, 4.69) is 14.2 Å². The summed E-state index contributed by atoms with van der Waals surface area (Å²) in [7, 11) is 0. The van der Waals surface area contributed by atoms with Crippen LogP contribution in [0.15, 0.2) is 11.3 Å². The molecule has 0 aromatic carbocycles. The molecular weight excluding hydrogens is 298 g/mol. The lowest BCUT2D eigenvalue weighted by Gasteiger charge is -2.14. The van der Waals surface area contributed by atoms with Crippen LogP contribution in [-0.4, -0.2) is 31.9 Å². The molecule has 0 radical (unpaired) electrons. The van der Waals surface area contributed by atoms with Gasteiger partial charge in [0.05, 0.1) is 6.61 Å². The third-order valence-corrected chi connectivity index (χ3v) is 1.90. The van der Waals surface area contributed by atoms with Crippen molar-refractivity contribution in [1.29, 1.82) is 0 Å². The molecule has 0 spiro atoms. The number of halogens is 6. The average molecular weight is 310 g/mol. The third kappa shape index (κ3) is 8.62. The van der Waals surface area contributed by atoms with Crippen molar-refractivity contribution in [3.63, 3.8) is 0 Å². The third-order valence-electron chi connectivity index (χ3n) is 1.90. The zero-order valence-electron chi connectivity index (χ0n) is 10.5. The largest absolute Gasteiger partial charge is 0.573 e. The number of allylic oxidation sites excluding steroid dienone is 1. The normalized spacial score (nSPS) is 13.8. The molecule has 0 fully saturated rings. The van der Waals surface area contributed by atoms with Gasteiger partial charge in [-0.2, -0.15) is 0 Å². The summed E-state index contributed by atoms with van der Waals surface area (Å²) in [6.07, 6.45) is -9.94. The number of hydrogen-bond acceptors (Lipinski definition) is 4. The summed E-state index contributed by atoms with van der Waals surface area (Å²) in [5, 5.41) is 0. The monoisotopic (exact) mass is 310 g/mol. The van der Waals surface area contributed by atoms with Gasteiger partial charge in [-0.25, -0.2) is 4.79 Å². The highest BCUT2D eigenvalue weighted by atomic mass is 19.4. The summed E-state index contributed by atoms with van der Waals surface area (Å²) in [5.74, 6) is -2.60. The molecule has 0 atom stereocenters. The van der Waals surface area contributed by atoms with Gasteiger partial charge in [-0.1, -0.05) is 6.92 Å². The maximum Gasteiger partial charge on any atom is 0.573 e. The van der Waals surface area contributed by atoms with E-state index in [1.807, 2.05) is 0 Å². The van der Waals surface area contributed by atoms with Gasteiger partial charge < -0.3 is 9.47 Å². The molecule has 0 heterocycles. The smallest absolute Gasteiger partial charge is 0.457 e. The maximum atomic E-state index is 12.1. The molecule has 20 heavy (non-hydrogen) atoms. The molecule has 0 saturated carbocycles. The van der Waals surface area contributed by atoms with Crippen LogP contribution in [0.5, 0.6) is 0 Å². The van der Waals surface area contributed by atoms with Gasteiger partial charge in [-0.05, 0) is 18.9 Å². The molecule has 0 unspecified atom stereocenters. The molecule has 0 N–H and O–H groups in total. The van der Waals surface area contributed by atoms with Crippen molar-refractivity contribution in [3.8, 4) is 0 Å². The summed E-state index contributed by atoms with van der Waals surface area (Å²) >= 11 is 0. The van der Waals surface area contributed by atoms with E-state index in [9.17, 15) is 31.1 Å². The lowest BCUT2D eigenvalue weighted by atomic mass is 10.2. The first kappa shape index (κ1) is 18.6. The minimum Gasteiger partial charge on any atom is -0.457 e. The number of carbonyl (C=O) groups excluding carboxylic acids is 1.